The lowest BCUT2D eigenvalue weighted by molar-refractivity contribution is -0.906. The number of nitrogens with zero attached hydrogens (tertiary/aromatic N) is 2. The molecule has 3 rings (SSSR count). The minimum absolute atomic E-state index is 0.531. The normalized spacial score (nSPS) is 16.1. The van der Waals surface area contributed by atoms with Crippen LogP contribution in [0, 0.1) is 0 Å². The van der Waals surface area contributed by atoms with Crippen LogP contribution < -0.4 is 15.0 Å². The number of thiocarbonyl (C=S) groups is 1. The molecule has 0 saturated carbocycles. The molecule has 1 aromatic carbocycles. The molecule has 1 saturated heterocycles. The molecule has 0 unspecified atom stereocenters. The van der Waals surface area contributed by atoms with E-state index < -0.39 is 0 Å². The van der Waals surface area contributed by atoms with E-state index in [1.807, 2.05) is 35.8 Å². The van der Waals surface area contributed by atoms with Crippen LogP contribution in [0.4, 0.5) is 0 Å². The van der Waals surface area contributed by atoms with E-state index in [-0.39, 0.29) is 0 Å². The predicted molar refractivity (Wildman–Crippen MR) is 105 cm³/mol. The van der Waals surface area contributed by atoms with Gasteiger partial charge in [-0.05, 0) is 23.8 Å². The van der Waals surface area contributed by atoms with E-state index in [9.17, 15) is 0 Å². The van der Waals surface area contributed by atoms with Crippen molar-refractivity contribution in [2.24, 2.45) is 4.99 Å². The molecule has 0 spiro atoms. The van der Waals surface area contributed by atoms with E-state index in [2.05, 4.69) is 14.9 Å². The molecule has 5 nitrogen and oxygen atoms in total. The third-order valence-electron chi connectivity index (χ3n) is 4.11. The monoisotopic (exact) mass is 397 g/mol. The summed E-state index contributed by atoms with van der Waals surface area (Å²) in [6.45, 7) is 6.37. The Kier molecular flexibility index (Phi) is 7.01. The molecule has 1 aromatic heterocycles. The summed E-state index contributed by atoms with van der Waals surface area (Å²) >= 11 is 13.2. The Bertz CT molecular complexity index is 768. The van der Waals surface area contributed by atoms with Crippen LogP contribution in [0.5, 0.6) is 0 Å². The molecular weight excluding hydrogens is 376 g/mol. The number of nitrogens with one attached hydrogen (secondary N) is 2. The molecule has 2 aromatic rings. The summed E-state index contributed by atoms with van der Waals surface area (Å²) < 4.78 is 7.43. The zero-order chi connectivity index (χ0) is 17.5. The molecule has 25 heavy (non-hydrogen) atoms. The summed E-state index contributed by atoms with van der Waals surface area (Å²) in [7, 11) is 0. The van der Waals surface area contributed by atoms with Gasteiger partial charge in [0.2, 0.25) is 0 Å². The van der Waals surface area contributed by atoms with Crippen LogP contribution >= 0.6 is 35.2 Å². The molecule has 0 atom stereocenters. The molecule has 0 bridgehead atoms. The summed E-state index contributed by atoms with van der Waals surface area (Å²) in [5, 5.41) is 6.55. The number of hydrogen-bond donors (Lipinski definition) is 2. The number of hydrogen-bond acceptors (Lipinski definition) is 3. The van der Waals surface area contributed by atoms with Crippen molar-refractivity contribution in [2.75, 3.05) is 39.4 Å². The number of quaternary nitrogens is 1. The van der Waals surface area contributed by atoms with Crippen molar-refractivity contribution in [3.05, 3.63) is 51.2 Å². The van der Waals surface area contributed by atoms with E-state index in [4.69, 9.17) is 28.6 Å². The molecule has 8 heteroatoms. The van der Waals surface area contributed by atoms with Crippen LogP contribution in [-0.2, 0) is 11.3 Å². The minimum Gasteiger partial charge on any atom is -0.370 e. The van der Waals surface area contributed by atoms with Gasteiger partial charge < -0.3 is 19.5 Å². The van der Waals surface area contributed by atoms with Gasteiger partial charge in [-0.15, -0.1) is 11.3 Å². The fourth-order valence-electron chi connectivity index (χ4n) is 2.70. The highest BCUT2D eigenvalue weighted by Crippen LogP contribution is 2.15. The highest BCUT2D eigenvalue weighted by Gasteiger charge is 2.12. The molecule has 0 amide bonds. The first kappa shape index (κ1) is 18.5. The Morgan fingerprint density at radius 1 is 1.36 bits per heavy atom. The van der Waals surface area contributed by atoms with Gasteiger partial charge in [0.15, 0.2) is 9.91 Å². The van der Waals surface area contributed by atoms with E-state index in [0.29, 0.717) is 11.7 Å². The average molecular weight is 398 g/mol. The van der Waals surface area contributed by atoms with Gasteiger partial charge in [0, 0.05) is 16.6 Å². The summed E-state index contributed by atoms with van der Waals surface area (Å²) in [5.41, 5.74) is 1.07. The Hall–Kier alpha value is -1.25. The summed E-state index contributed by atoms with van der Waals surface area (Å²) in [5.74, 6) is 0. The van der Waals surface area contributed by atoms with Gasteiger partial charge in [-0.2, -0.15) is 4.99 Å². The van der Waals surface area contributed by atoms with Gasteiger partial charge >= 0.3 is 0 Å². The summed E-state index contributed by atoms with van der Waals surface area (Å²) in [6.07, 6.45) is 2.01. The smallest absolute Gasteiger partial charge is 0.195 e. The Balaban J connectivity index is 1.57. The van der Waals surface area contributed by atoms with Crippen molar-refractivity contribution in [1.29, 1.82) is 0 Å². The van der Waals surface area contributed by atoms with Crippen LogP contribution in [0.1, 0.15) is 5.56 Å². The van der Waals surface area contributed by atoms with E-state index in [1.54, 1.807) is 16.2 Å². The Morgan fingerprint density at radius 3 is 2.96 bits per heavy atom. The molecule has 134 valence electrons. The van der Waals surface area contributed by atoms with Gasteiger partial charge in [-0.25, -0.2) is 0 Å². The highest BCUT2D eigenvalue weighted by atomic mass is 35.5. The van der Waals surface area contributed by atoms with Crippen molar-refractivity contribution in [3.8, 4) is 0 Å². The molecule has 2 N–H and O–H groups in total. The molecule has 0 aliphatic carbocycles. The second-order valence-electron chi connectivity index (χ2n) is 5.86. The summed E-state index contributed by atoms with van der Waals surface area (Å²) in [4.78, 5) is 6.97. The van der Waals surface area contributed by atoms with Crippen LogP contribution in [0.25, 0.3) is 0 Å². The van der Waals surface area contributed by atoms with Crippen LogP contribution in [0.3, 0.4) is 0 Å². The van der Waals surface area contributed by atoms with Gasteiger partial charge in [0.05, 0.1) is 32.8 Å². The van der Waals surface area contributed by atoms with Crippen molar-refractivity contribution < 1.29 is 9.64 Å². The molecule has 2 heterocycles. The quantitative estimate of drug-likeness (QED) is 0.738. The lowest BCUT2D eigenvalue weighted by Gasteiger charge is -2.23. The number of benzene rings is 1. The fourth-order valence-corrected chi connectivity index (χ4v) is 3.88. The predicted octanol–water partition coefficient (Wildman–Crippen LogP) is 0.942. The standard InChI is InChI=1S/C17H21ClN4OS2/c18-15-4-2-1-3-14(15)13-22-9-12-25-17(22)20-16(24)19-5-6-21-7-10-23-11-8-21/h1-4,9,12H,5-8,10-11,13H2,(H,19,24)/p+1. The van der Waals surface area contributed by atoms with Gasteiger partial charge in [-0.3, -0.25) is 0 Å². The van der Waals surface area contributed by atoms with Crippen LogP contribution in [-0.4, -0.2) is 49.1 Å². The second kappa shape index (κ2) is 9.45. The largest absolute Gasteiger partial charge is 0.370 e. The van der Waals surface area contributed by atoms with E-state index >= 15 is 0 Å². The van der Waals surface area contributed by atoms with Gasteiger partial charge in [0.25, 0.3) is 0 Å². The topological polar surface area (TPSA) is 43.0 Å². The Labute approximate surface area is 161 Å². The first-order valence-electron chi connectivity index (χ1n) is 8.33. The highest BCUT2D eigenvalue weighted by molar-refractivity contribution is 7.80. The average Bonchev–Trinajstić information content (AvgIpc) is 3.04. The van der Waals surface area contributed by atoms with Gasteiger partial charge in [-0.1, -0.05) is 29.8 Å². The minimum atomic E-state index is 0.531. The molecule has 0 radical (unpaired) electrons. The maximum Gasteiger partial charge on any atom is 0.195 e. The molecular formula is C17H22ClN4OS2+. The van der Waals surface area contributed by atoms with Crippen LogP contribution in [0.15, 0.2) is 40.8 Å². The second-order valence-corrected chi connectivity index (χ2v) is 7.53. The number of aromatic nitrogens is 1. The van der Waals surface area contributed by atoms with E-state index in [0.717, 1.165) is 54.8 Å². The first-order valence-corrected chi connectivity index (χ1v) is 10.00. The number of ether oxygens (including phenoxy) is 1. The number of thiazole rings is 1. The zero-order valence-corrected chi connectivity index (χ0v) is 16.3. The molecule has 1 fully saturated rings. The lowest BCUT2D eigenvalue weighted by atomic mass is 10.2. The summed E-state index contributed by atoms with van der Waals surface area (Å²) in [6, 6.07) is 7.86. The van der Waals surface area contributed by atoms with Crippen molar-refractivity contribution >= 4 is 40.3 Å². The fraction of sp³-hybridized carbons (Fsp3) is 0.412. The molecule has 1 aliphatic heterocycles. The third-order valence-corrected chi connectivity index (χ3v) is 5.51. The van der Waals surface area contributed by atoms with Crippen molar-refractivity contribution in [3.63, 3.8) is 0 Å². The number of halogens is 1. The maximum absolute atomic E-state index is 6.25. The van der Waals surface area contributed by atoms with Crippen molar-refractivity contribution in [2.45, 2.75) is 6.54 Å². The zero-order valence-electron chi connectivity index (χ0n) is 13.9. The first-order chi connectivity index (χ1) is 12.2. The lowest BCUT2D eigenvalue weighted by Crippen LogP contribution is -3.14. The van der Waals surface area contributed by atoms with E-state index in [1.165, 1.54) is 0 Å². The maximum atomic E-state index is 6.25. The Morgan fingerprint density at radius 2 is 2.16 bits per heavy atom. The van der Waals surface area contributed by atoms with Gasteiger partial charge in [0.1, 0.15) is 13.1 Å². The number of morpholine rings is 1. The number of rotatable bonds is 5. The molecule has 1 aliphatic rings. The SMILES string of the molecule is S=C(N=c1sccn1Cc1ccccc1Cl)NCC[NH+]1CCOCC1. The van der Waals surface area contributed by atoms with Crippen LogP contribution in [0.2, 0.25) is 5.02 Å². The third kappa shape index (κ3) is 5.62. The van der Waals surface area contributed by atoms with Crippen molar-refractivity contribution in [1.82, 2.24) is 9.88 Å².